The van der Waals surface area contributed by atoms with Gasteiger partial charge in [-0.1, -0.05) is 29.3 Å². The molecule has 0 spiro atoms. The number of halogens is 2. The van der Waals surface area contributed by atoms with Gasteiger partial charge in [-0.15, -0.1) is 0 Å². The maximum absolute atomic E-state index is 10.1. The van der Waals surface area contributed by atoms with Gasteiger partial charge in [-0.3, -0.25) is 4.79 Å². The first-order chi connectivity index (χ1) is 4.54. The molecule has 0 aliphatic heterocycles. The van der Waals surface area contributed by atoms with E-state index in [2.05, 4.69) is 0 Å². The highest BCUT2D eigenvalue weighted by Crippen LogP contribution is 2.07. The van der Waals surface area contributed by atoms with Crippen molar-refractivity contribution < 1.29 is 9.90 Å². The summed E-state index contributed by atoms with van der Waals surface area (Å²) in [5.41, 5.74) is 5.10. The molecule has 10 heavy (non-hydrogen) atoms. The summed E-state index contributed by atoms with van der Waals surface area (Å²) >= 11 is 10.4. The lowest BCUT2D eigenvalue weighted by atomic mass is 10.2. The lowest BCUT2D eigenvalue weighted by Gasteiger charge is -1.99. The predicted octanol–water partition coefficient (Wildman–Crippen LogP) is 1.11. The van der Waals surface area contributed by atoms with Crippen molar-refractivity contribution in [1.82, 2.24) is 0 Å². The fraction of sp³-hybridized carbons (Fsp3) is 0.400. The normalized spacial score (nSPS) is 12.3. The Morgan fingerprint density at radius 3 is 2.50 bits per heavy atom. The molecule has 0 amide bonds. The van der Waals surface area contributed by atoms with Crippen LogP contribution >= 0.6 is 23.2 Å². The van der Waals surface area contributed by atoms with E-state index in [0.29, 0.717) is 0 Å². The SMILES string of the molecule is NC(CC=C(Cl)Cl)C(=O)O. The van der Waals surface area contributed by atoms with E-state index in [9.17, 15) is 4.79 Å². The highest BCUT2D eigenvalue weighted by Gasteiger charge is 2.08. The third kappa shape index (κ3) is 4.61. The maximum atomic E-state index is 10.1. The van der Waals surface area contributed by atoms with Crippen LogP contribution in [0, 0.1) is 0 Å². The van der Waals surface area contributed by atoms with Crippen LogP contribution in [-0.2, 0) is 4.79 Å². The number of carboxylic acids is 1. The smallest absolute Gasteiger partial charge is 0.320 e. The maximum Gasteiger partial charge on any atom is 0.320 e. The third-order valence-corrected chi connectivity index (χ3v) is 1.15. The van der Waals surface area contributed by atoms with E-state index in [1.54, 1.807) is 0 Å². The molecule has 5 heteroatoms. The van der Waals surface area contributed by atoms with Crippen molar-refractivity contribution in [2.24, 2.45) is 5.73 Å². The van der Waals surface area contributed by atoms with Gasteiger partial charge in [0.1, 0.15) is 10.5 Å². The van der Waals surface area contributed by atoms with E-state index in [1.807, 2.05) is 0 Å². The summed E-state index contributed by atoms with van der Waals surface area (Å²) in [5, 5.41) is 8.25. The molecule has 0 aromatic carbocycles. The minimum absolute atomic E-state index is 0.0386. The van der Waals surface area contributed by atoms with E-state index < -0.39 is 12.0 Å². The van der Waals surface area contributed by atoms with Crippen molar-refractivity contribution in [2.45, 2.75) is 12.5 Å². The van der Waals surface area contributed by atoms with E-state index >= 15 is 0 Å². The molecule has 0 aliphatic carbocycles. The Kier molecular flexibility index (Phi) is 4.43. The van der Waals surface area contributed by atoms with E-state index in [1.165, 1.54) is 6.08 Å². The zero-order valence-corrected chi connectivity index (χ0v) is 6.56. The minimum atomic E-state index is -1.06. The first kappa shape index (κ1) is 9.75. The van der Waals surface area contributed by atoms with Crippen LogP contribution in [0.2, 0.25) is 0 Å². The van der Waals surface area contributed by atoms with Gasteiger partial charge < -0.3 is 10.8 Å². The van der Waals surface area contributed by atoms with Crippen molar-refractivity contribution in [1.29, 1.82) is 0 Å². The van der Waals surface area contributed by atoms with Gasteiger partial charge in [0.15, 0.2) is 0 Å². The fourth-order valence-electron chi connectivity index (χ4n) is 0.317. The van der Waals surface area contributed by atoms with E-state index in [-0.39, 0.29) is 10.9 Å². The Balaban J connectivity index is 3.70. The first-order valence-electron chi connectivity index (χ1n) is 2.53. The number of carbonyl (C=O) groups is 1. The zero-order valence-electron chi connectivity index (χ0n) is 5.05. The summed E-state index contributed by atoms with van der Waals surface area (Å²) in [6.45, 7) is 0. The second kappa shape index (κ2) is 4.55. The van der Waals surface area contributed by atoms with Gasteiger partial charge in [-0.05, 0) is 6.42 Å². The number of rotatable bonds is 3. The number of hydrogen-bond donors (Lipinski definition) is 2. The standard InChI is InChI=1S/C5H7Cl2NO2/c6-4(7)2-1-3(8)5(9)10/h2-3H,1,8H2,(H,9,10). The molecular formula is C5H7Cl2NO2. The highest BCUT2D eigenvalue weighted by molar-refractivity contribution is 6.55. The molecule has 0 aromatic heterocycles. The Bertz CT molecular complexity index is 154. The van der Waals surface area contributed by atoms with Crippen molar-refractivity contribution in [3.05, 3.63) is 10.6 Å². The summed E-state index contributed by atoms with van der Waals surface area (Å²) in [4.78, 5) is 10.1. The Morgan fingerprint density at radius 1 is 1.70 bits per heavy atom. The van der Waals surface area contributed by atoms with Crippen LogP contribution in [0.25, 0.3) is 0 Å². The molecule has 0 saturated heterocycles. The van der Waals surface area contributed by atoms with Gasteiger partial charge in [0, 0.05) is 0 Å². The summed E-state index contributed by atoms with van der Waals surface area (Å²) in [6, 6.07) is -0.924. The van der Waals surface area contributed by atoms with Crippen LogP contribution in [0.3, 0.4) is 0 Å². The summed E-state index contributed by atoms with van der Waals surface area (Å²) < 4.78 is 0.0386. The Hall–Kier alpha value is -0.250. The second-order valence-corrected chi connectivity index (χ2v) is 2.68. The molecule has 1 atom stereocenters. The molecule has 3 nitrogen and oxygen atoms in total. The van der Waals surface area contributed by atoms with Gasteiger partial charge in [0.2, 0.25) is 0 Å². The topological polar surface area (TPSA) is 63.3 Å². The fourth-order valence-corrected chi connectivity index (χ4v) is 0.495. The van der Waals surface area contributed by atoms with Crippen LogP contribution in [0.5, 0.6) is 0 Å². The van der Waals surface area contributed by atoms with Crippen LogP contribution < -0.4 is 5.73 Å². The van der Waals surface area contributed by atoms with Gasteiger partial charge in [-0.25, -0.2) is 0 Å². The Morgan fingerprint density at radius 2 is 2.20 bits per heavy atom. The van der Waals surface area contributed by atoms with Crippen LogP contribution in [-0.4, -0.2) is 17.1 Å². The molecule has 3 N–H and O–H groups in total. The molecule has 0 fully saturated rings. The van der Waals surface area contributed by atoms with Crippen molar-refractivity contribution in [2.75, 3.05) is 0 Å². The summed E-state index contributed by atoms with van der Waals surface area (Å²) in [5.74, 6) is -1.06. The number of hydrogen-bond acceptors (Lipinski definition) is 2. The van der Waals surface area contributed by atoms with Crippen molar-refractivity contribution in [3.8, 4) is 0 Å². The lowest BCUT2D eigenvalue weighted by molar-refractivity contribution is -0.138. The molecule has 0 aromatic rings. The monoisotopic (exact) mass is 183 g/mol. The first-order valence-corrected chi connectivity index (χ1v) is 3.29. The average Bonchev–Trinajstić information content (AvgIpc) is 1.82. The molecular weight excluding hydrogens is 177 g/mol. The summed E-state index contributed by atoms with van der Waals surface area (Å²) in [6.07, 6.45) is 1.50. The van der Waals surface area contributed by atoms with Gasteiger partial charge in [-0.2, -0.15) is 0 Å². The molecule has 0 radical (unpaired) electrons. The number of aliphatic carboxylic acids is 1. The Labute approximate surface area is 68.4 Å². The second-order valence-electron chi connectivity index (χ2n) is 1.67. The summed E-state index contributed by atoms with van der Waals surface area (Å²) in [7, 11) is 0. The molecule has 0 bridgehead atoms. The third-order valence-electron chi connectivity index (χ3n) is 0.843. The van der Waals surface area contributed by atoms with Gasteiger partial charge in [0.05, 0.1) is 0 Å². The highest BCUT2D eigenvalue weighted by atomic mass is 35.5. The van der Waals surface area contributed by atoms with E-state index in [0.717, 1.165) is 0 Å². The van der Waals surface area contributed by atoms with E-state index in [4.69, 9.17) is 34.0 Å². The molecule has 0 rings (SSSR count). The minimum Gasteiger partial charge on any atom is -0.480 e. The zero-order chi connectivity index (χ0) is 8.15. The molecule has 0 heterocycles. The van der Waals surface area contributed by atoms with Crippen molar-refractivity contribution in [3.63, 3.8) is 0 Å². The molecule has 0 aliphatic rings. The van der Waals surface area contributed by atoms with Crippen LogP contribution in [0.4, 0.5) is 0 Å². The van der Waals surface area contributed by atoms with Gasteiger partial charge in [0.25, 0.3) is 0 Å². The predicted molar refractivity (Wildman–Crippen MR) is 40.0 cm³/mol. The quantitative estimate of drug-likeness (QED) is 0.690. The van der Waals surface area contributed by atoms with Crippen LogP contribution in [0.15, 0.2) is 10.6 Å². The number of nitrogens with two attached hydrogens (primary N) is 1. The molecule has 0 saturated carbocycles. The lowest BCUT2D eigenvalue weighted by Crippen LogP contribution is -2.29. The molecule has 1 unspecified atom stereocenters. The van der Waals surface area contributed by atoms with Crippen LogP contribution in [0.1, 0.15) is 6.42 Å². The average molecular weight is 184 g/mol. The van der Waals surface area contributed by atoms with Crippen molar-refractivity contribution >= 4 is 29.2 Å². The molecule has 58 valence electrons. The number of carboxylic acid groups (broad SMARTS) is 1. The largest absolute Gasteiger partial charge is 0.480 e. The van der Waals surface area contributed by atoms with Gasteiger partial charge >= 0.3 is 5.97 Å².